The highest BCUT2D eigenvalue weighted by Gasteiger charge is 2.38. The second kappa shape index (κ2) is 8.20. The lowest BCUT2D eigenvalue weighted by Gasteiger charge is -2.28. The second-order valence-electron chi connectivity index (χ2n) is 6.41. The number of amides is 3. The highest BCUT2D eigenvalue weighted by Crippen LogP contribution is 2.26. The summed E-state index contributed by atoms with van der Waals surface area (Å²) < 4.78 is 29.3. The van der Waals surface area contributed by atoms with Crippen molar-refractivity contribution in [2.75, 3.05) is 18.5 Å². The number of likely N-dealkylation sites (tertiary alicyclic amines) is 1. The number of carbonyl (C=O) groups excluding carboxylic acids is 2. The van der Waals surface area contributed by atoms with Crippen LogP contribution in [0.1, 0.15) is 6.42 Å². The van der Waals surface area contributed by atoms with E-state index in [-0.39, 0.29) is 23.5 Å². The molecule has 3 amide bonds. The first-order valence-electron chi connectivity index (χ1n) is 8.64. The molecule has 0 bridgehead atoms. The molecule has 28 heavy (non-hydrogen) atoms. The van der Waals surface area contributed by atoms with E-state index < -0.39 is 36.4 Å². The molecule has 1 unspecified atom stereocenters. The molecule has 7 nitrogen and oxygen atoms in total. The van der Waals surface area contributed by atoms with E-state index in [0.29, 0.717) is 6.42 Å². The second-order valence-corrected chi connectivity index (χ2v) is 6.41. The summed E-state index contributed by atoms with van der Waals surface area (Å²) in [6.45, 7) is -0.786. The Morgan fingerprint density at radius 2 is 2.07 bits per heavy atom. The third-order valence-corrected chi connectivity index (χ3v) is 4.70. The molecule has 9 heteroatoms. The number of hydrogen-bond acceptors (Lipinski definition) is 3. The quantitative estimate of drug-likeness (QED) is 0.817. The van der Waals surface area contributed by atoms with Crippen LogP contribution < -0.4 is 16.6 Å². The third-order valence-electron chi connectivity index (χ3n) is 4.70. The Bertz CT molecular complexity index is 947. The summed E-state index contributed by atoms with van der Waals surface area (Å²) in [6.07, 6.45) is 3.55. The van der Waals surface area contributed by atoms with Crippen LogP contribution in [0.15, 0.2) is 47.4 Å². The van der Waals surface area contributed by atoms with Crippen LogP contribution in [0, 0.1) is 18.2 Å². The minimum atomic E-state index is -1.18. The minimum Gasteiger partial charge on any atom is -0.351 e. The lowest BCUT2D eigenvalue weighted by molar-refractivity contribution is -0.121. The van der Waals surface area contributed by atoms with E-state index in [0.717, 1.165) is 6.07 Å². The van der Waals surface area contributed by atoms with Gasteiger partial charge in [0.25, 0.3) is 5.56 Å². The number of nitrogens with zero attached hydrogens (tertiary/aromatic N) is 2. The predicted molar refractivity (Wildman–Crippen MR) is 99.1 cm³/mol. The number of anilines is 1. The summed E-state index contributed by atoms with van der Waals surface area (Å²) in [4.78, 5) is 37.0. The standard InChI is InChI=1S/C19H19F2N4O3/c20-11-13(16-4-3-9-25(16)19(22)28)18(27)23-15-7-6-12(10-14(15)21)24-8-2-1-5-17(24)26/h1-3,5-8,10,13,16H,4,9,11H2,(H2,22,28)(H,23,27)/t13?,16-/m0/s1. The number of hydrogen-bond donors (Lipinski definition) is 2. The minimum absolute atomic E-state index is 0.149. The molecule has 3 rings (SSSR count). The van der Waals surface area contributed by atoms with Crippen LogP contribution in [-0.4, -0.2) is 40.7 Å². The van der Waals surface area contributed by atoms with Crippen molar-refractivity contribution >= 4 is 17.6 Å². The summed E-state index contributed by atoms with van der Waals surface area (Å²) in [5.41, 5.74) is 5.07. The fourth-order valence-corrected chi connectivity index (χ4v) is 3.25. The number of primary amides is 1. The zero-order valence-electron chi connectivity index (χ0n) is 14.8. The molecule has 2 aromatic rings. The molecule has 1 saturated heterocycles. The van der Waals surface area contributed by atoms with Crippen molar-refractivity contribution in [2.24, 2.45) is 11.7 Å². The highest BCUT2D eigenvalue weighted by atomic mass is 19.1. The van der Waals surface area contributed by atoms with Crippen LogP contribution in [0.3, 0.4) is 0 Å². The van der Waals surface area contributed by atoms with Crippen LogP contribution in [-0.2, 0) is 4.79 Å². The molecule has 3 N–H and O–H groups in total. The third kappa shape index (κ3) is 3.88. The van der Waals surface area contributed by atoms with Gasteiger partial charge in [0.2, 0.25) is 5.91 Å². The van der Waals surface area contributed by atoms with E-state index in [1.54, 1.807) is 18.6 Å². The molecular weight excluding hydrogens is 370 g/mol. The fourth-order valence-electron chi connectivity index (χ4n) is 3.25. The molecule has 0 aliphatic carbocycles. The van der Waals surface area contributed by atoms with Gasteiger partial charge in [0.1, 0.15) is 12.5 Å². The van der Waals surface area contributed by atoms with Gasteiger partial charge in [-0.2, -0.15) is 0 Å². The number of carbonyl (C=O) groups is 2. The Kier molecular flexibility index (Phi) is 5.72. The van der Waals surface area contributed by atoms with Crippen LogP contribution in [0.2, 0.25) is 0 Å². The summed E-state index contributed by atoms with van der Waals surface area (Å²) in [5.74, 6) is -2.70. The number of nitrogens with one attached hydrogen (secondary N) is 1. The van der Waals surface area contributed by atoms with Gasteiger partial charge in [-0.05, 0) is 31.0 Å². The molecule has 1 radical (unpaired) electrons. The maximum Gasteiger partial charge on any atom is 0.315 e. The molecule has 2 heterocycles. The highest BCUT2D eigenvalue weighted by molar-refractivity contribution is 5.93. The molecule has 1 aliphatic rings. The van der Waals surface area contributed by atoms with Gasteiger partial charge in [-0.3, -0.25) is 18.5 Å². The van der Waals surface area contributed by atoms with Crippen LogP contribution in [0.5, 0.6) is 0 Å². The van der Waals surface area contributed by atoms with Crippen molar-refractivity contribution in [3.63, 3.8) is 0 Å². The first-order chi connectivity index (χ1) is 13.4. The van der Waals surface area contributed by atoms with Crippen molar-refractivity contribution in [1.82, 2.24) is 9.47 Å². The Hall–Kier alpha value is -3.23. The number of benzene rings is 1. The molecule has 2 atom stereocenters. The van der Waals surface area contributed by atoms with Crippen LogP contribution in [0.4, 0.5) is 19.3 Å². The molecule has 1 aliphatic heterocycles. The Morgan fingerprint density at radius 3 is 2.71 bits per heavy atom. The van der Waals surface area contributed by atoms with E-state index >= 15 is 0 Å². The van der Waals surface area contributed by atoms with Gasteiger partial charge in [-0.1, -0.05) is 6.07 Å². The molecule has 147 valence electrons. The van der Waals surface area contributed by atoms with Crippen molar-refractivity contribution in [3.8, 4) is 5.69 Å². The first-order valence-corrected chi connectivity index (χ1v) is 8.64. The largest absolute Gasteiger partial charge is 0.351 e. The van der Waals surface area contributed by atoms with E-state index in [1.807, 2.05) is 0 Å². The summed E-state index contributed by atoms with van der Waals surface area (Å²) in [7, 11) is 0. The molecular formula is C19H19F2N4O3. The van der Waals surface area contributed by atoms with Crippen molar-refractivity contribution in [1.29, 1.82) is 0 Å². The number of pyridine rings is 1. The van der Waals surface area contributed by atoms with Crippen molar-refractivity contribution < 1.29 is 18.4 Å². The Balaban J connectivity index is 1.79. The first kappa shape index (κ1) is 19.5. The number of alkyl halides is 1. The Morgan fingerprint density at radius 1 is 1.29 bits per heavy atom. The van der Waals surface area contributed by atoms with Gasteiger partial charge in [0, 0.05) is 30.9 Å². The van der Waals surface area contributed by atoms with Gasteiger partial charge < -0.3 is 16.0 Å². The monoisotopic (exact) mass is 389 g/mol. The Labute approximate surface area is 159 Å². The maximum absolute atomic E-state index is 14.5. The number of halogens is 2. The van der Waals surface area contributed by atoms with Crippen LogP contribution in [0.25, 0.3) is 5.69 Å². The summed E-state index contributed by atoms with van der Waals surface area (Å²) >= 11 is 0. The lowest BCUT2D eigenvalue weighted by atomic mass is 9.97. The van der Waals surface area contributed by atoms with Gasteiger partial charge in [0.15, 0.2) is 0 Å². The van der Waals surface area contributed by atoms with E-state index in [9.17, 15) is 23.2 Å². The smallest absolute Gasteiger partial charge is 0.315 e. The van der Waals surface area contributed by atoms with Gasteiger partial charge >= 0.3 is 6.03 Å². The molecule has 0 spiro atoms. The van der Waals surface area contributed by atoms with Crippen molar-refractivity contribution in [2.45, 2.75) is 12.5 Å². The molecule has 1 aromatic carbocycles. The number of aromatic nitrogens is 1. The molecule has 1 aromatic heterocycles. The van der Waals surface area contributed by atoms with Gasteiger partial charge in [-0.15, -0.1) is 0 Å². The lowest BCUT2D eigenvalue weighted by Crippen LogP contribution is -2.47. The van der Waals surface area contributed by atoms with E-state index in [1.165, 1.54) is 33.9 Å². The average Bonchev–Trinajstić information content (AvgIpc) is 3.14. The number of urea groups is 1. The molecule has 0 saturated carbocycles. The van der Waals surface area contributed by atoms with Gasteiger partial charge in [-0.25, -0.2) is 9.18 Å². The van der Waals surface area contributed by atoms with E-state index in [4.69, 9.17) is 5.73 Å². The fraction of sp³-hybridized carbons (Fsp3) is 0.263. The SMILES string of the molecule is NC(=O)N1C[CH]C[C@H]1C(CF)C(=O)Nc1ccc(-n2ccccc2=O)cc1F. The van der Waals surface area contributed by atoms with Crippen molar-refractivity contribution in [3.05, 3.63) is 65.2 Å². The zero-order valence-corrected chi connectivity index (χ0v) is 14.8. The molecule has 1 fully saturated rings. The summed E-state index contributed by atoms with van der Waals surface area (Å²) in [5, 5.41) is 2.36. The number of rotatable bonds is 5. The zero-order chi connectivity index (χ0) is 20.3. The number of nitrogens with two attached hydrogens (primary N) is 1. The van der Waals surface area contributed by atoms with Crippen LogP contribution >= 0.6 is 0 Å². The predicted octanol–water partition coefficient (Wildman–Crippen LogP) is 1.86. The normalized spacial score (nSPS) is 17.4. The average molecular weight is 389 g/mol. The summed E-state index contributed by atoms with van der Waals surface area (Å²) in [6, 6.07) is 6.93. The van der Waals surface area contributed by atoms with Gasteiger partial charge in [0.05, 0.1) is 17.3 Å². The maximum atomic E-state index is 14.5. The topological polar surface area (TPSA) is 97.4 Å². The van der Waals surface area contributed by atoms with E-state index in [2.05, 4.69) is 5.32 Å².